The number of ether oxygens (including phenoxy) is 2. The Balaban J connectivity index is 1.45. The van der Waals surface area contributed by atoms with Crippen molar-refractivity contribution in [2.75, 3.05) is 19.7 Å². The second-order valence-corrected chi connectivity index (χ2v) is 8.51. The number of nitrogens with one attached hydrogen (secondary N) is 1. The van der Waals surface area contributed by atoms with Gasteiger partial charge in [-0.2, -0.15) is 0 Å². The van der Waals surface area contributed by atoms with Crippen LogP contribution in [0, 0.1) is 0 Å². The topological polar surface area (TPSA) is 67.9 Å². The molecular weight excluding hydrogens is 404 g/mol. The zero-order chi connectivity index (χ0) is 23.1. The lowest BCUT2D eigenvalue weighted by Gasteiger charge is -2.33. The Hall–Kier alpha value is -3.02. The van der Waals surface area contributed by atoms with Crippen molar-refractivity contribution in [1.82, 2.24) is 10.2 Å². The number of carbonyl (C=O) groups excluding carboxylic acids is 2. The van der Waals surface area contributed by atoms with Crippen LogP contribution in [0.15, 0.2) is 48.5 Å². The summed E-state index contributed by atoms with van der Waals surface area (Å²) in [6.07, 6.45) is 0.907. The summed E-state index contributed by atoms with van der Waals surface area (Å²) in [4.78, 5) is 27.2. The maximum Gasteiger partial charge on any atom is 0.263 e. The van der Waals surface area contributed by atoms with Gasteiger partial charge in [0.1, 0.15) is 11.5 Å². The Bertz CT molecular complexity index is 885. The molecule has 3 rings (SSSR count). The number of rotatable bonds is 8. The highest BCUT2D eigenvalue weighted by Gasteiger charge is 2.28. The summed E-state index contributed by atoms with van der Waals surface area (Å²) < 4.78 is 11.3. The molecule has 1 heterocycles. The van der Waals surface area contributed by atoms with Gasteiger partial charge in [-0.05, 0) is 74.6 Å². The molecule has 0 bridgehead atoms. The van der Waals surface area contributed by atoms with Gasteiger partial charge in [0.25, 0.3) is 11.8 Å². The summed E-state index contributed by atoms with van der Waals surface area (Å²) in [6, 6.07) is 15.1. The number of nitrogens with zero attached hydrogens (tertiary/aromatic N) is 1. The Kier molecular flexibility index (Phi) is 8.14. The number of likely N-dealkylation sites (tertiary alicyclic amines) is 1. The van der Waals surface area contributed by atoms with E-state index in [0.29, 0.717) is 36.9 Å². The van der Waals surface area contributed by atoms with Crippen molar-refractivity contribution in [3.63, 3.8) is 0 Å². The fourth-order valence-corrected chi connectivity index (χ4v) is 3.83. The summed E-state index contributed by atoms with van der Waals surface area (Å²) in [5.41, 5.74) is 1.85. The first-order valence-corrected chi connectivity index (χ1v) is 11.5. The van der Waals surface area contributed by atoms with Crippen LogP contribution in [0.4, 0.5) is 0 Å². The van der Waals surface area contributed by atoms with Gasteiger partial charge in [0, 0.05) is 24.7 Å². The summed E-state index contributed by atoms with van der Waals surface area (Å²) in [6.45, 7) is 9.81. The Morgan fingerprint density at radius 2 is 1.56 bits per heavy atom. The maximum absolute atomic E-state index is 12.8. The summed E-state index contributed by atoms with van der Waals surface area (Å²) in [5.74, 6) is 1.80. The second-order valence-electron chi connectivity index (χ2n) is 8.51. The largest absolute Gasteiger partial charge is 0.494 e. The van der Waals surface area contributed by atoms with E-state index in [4.69, 9.17) is 9.47 Å². The number of hydrogen-bond acceptors (Lipinski definition) is 4. The third-order valence-corrected chi connectivity index (χ3v) is 5.78. The molecule has 6 heteroatoms. The van der Waals surface area contributed by atoms with Crippen LogP contribution >= 0.6 is 0 Å². The molecule has 0 radical (unpaired) electrons. The molecule has 0 aromatic heterocycles. The fourth-order valence-electron chi connectivity index (χ4n) is 3.83. The van der Waals surface area contributed by atoms with Gasteiger partial charge in [0.2, 0.25) is 0 Å². The Morgan fingerprint density at radius 3 is 2.12 bits per heavy atom. The van der Waals surface area contributed by atoms with Gasteiger partial charge >= 0.3 is 0 Å². The molecule has 1 aliphatic rings. The highest BCUT2D eigenvalue weighted by Crippen LogP contribution is 2.21. The van der Waals surface area contributed by atoms with E-state index in [0.717, 1.165) is 18.6 Å². The lowest BCUT2D eigenvalue weighted by Crippen LogP contribution is -2.49. The third kappa shape index (κ3) is 6.25. The molecule has 2 aromatic rings. The van der Waals surface area contributed by atoms with E-state index in [1.807, 2.05) is 36.1 Å². The minimum atomic E-state index is -0.546. The quantitative estimate of drug-likeness (QED) is 0.663. The van der Waals surface area contributed by atoms with Crippen molar-refractivity contribution in [3.05, 3.63) is 59.7 Å². The molecule has 1 unspecified atom stereocenters. The summed E-state index contributed by atoms with van der Waals surface area (Å²) in [5, 5.41) is 3.08. The molecule has 1 fully saturated rings. The normalized spacial score (nSPS) is 15.3. The van der Waals surface area contributed by atoms with E-state index in [2.05, 4.69) is 19.2 Å². The van der Waals surface area contributed by atoms with Crippen molar-refractivity contribution < 1.29 is 19.1 Å². The zero-order valence-corrected chi connectivity index (χ0v) is 19.5. The van der Waals surface area contributed by atoms with Crippen molar-refractivity contribution in [2.24, 2.45) is 0 Å². The highest BCUT2D eigenvalue weighted by atomic mass is 16.5. The van der Waals surface area contributed by atoms with E-state index >= 15 is 0 Å². The fraction of sp³-hybridized carbons (Fsp3) is 0.462. The number of amides is 2. The standard InChI is InChI=1S/C26H34N2O4/c1-5-31-23-10-8-21(9-11-23)25(29)27-22-14-16-28(17-15-22)26(30)19(4)32-24-12-6-20(7-13-24)18(2)3/h6-13,18-19,22H,5,14-17H2,1-4H3,(H,27,29). The van der Waals surface area contributed by atoms with E-state index in [1.54, 1.807) is 31.2 Å². The molecule has 0 saturated carbocycles. The summed E-state index contributed by atoms with van der Waals surface area (Å²) in [7, 11) is 0. The molecule has 1 atom stereocenters. The van der Waals surface area contributed by atoms with Crippen molar-refractivity contribution >= 4 is 11.8 Å². The van der Waals surface area contributed by atoms with Gasteiger partial charge in [-0.3, -0.25) is 9.59 Å². The van der Waals surface area contributed by atoms with Crippen molar-refractivity contribution in [1.29, 1.82) is 0 Å². The number of hydrogen-bond donors (Lipinski definition) is 1. The van der Waals surface area contributed by atoms with Gasteiger partial charge in [0.15, 0.2) is 6.10 Å². The molecule has 1 saturated heterocycles. The van der Waals surface area contributed by atoms with Gasteiger partial charge in [-0.15, -0.1) is 0 Å². The maximum atomic E-state index is 12.8. The van der Waals surface area contributed by atoms with Crippen LogP contribution in [0.2, 0.25) is 0 Å². The van der Waals surface area contributed by atoms with Crippen LogP contribution in [0.5, 0.6) is 11.5 Å². The van der Waals surface area contributed by atoms with Crippen LogP contribution in [-0.2, 0) is 4.79 Å². The first kappa shape index (κ1) is 23.6. The monoisotopic (exact) mass is 438 g/mol. The minimum absolute atomic E-state index is 0.0192. The molecule has 6 nitrogen and oxygen atoms in total. The second kappa shape index (κ2) is 11.0. The zero-order valence-electron chi connectivity index (χ0n) is 19.5. The molecule has 32 heavy (non-hydrogen) atoms. The molecular formula is C26H34N2O4. The van der Waals surface area contributed by atoms with Gasteiger partial charge in [-0.1, -0.05) is 26.0 Å². The SMILES string of the molecule is CCOc1ccc(C(=O)NC2CCN(C(=O)C(C)Oc3ccc(C(C)C)cc3)CC2)cc1. The molecule has 0 aliphatic carbocycles. The number of carbonyl (C=O) groups is 2. The number of piperidine rings is 1. The van der Waals surface area contributed by atoms with Crippen LogP contribution in [0.1, 0.15) is 62.4 Å². The molecule has 0 spiro atoms. The first-order chi connectivity index (χ1) is 15.4. The smallest absolute Gasteiger partial charge is 0.263 e. The van der Waals surface area contributed by atoms with Gasteiger partial charge in [0.05, 0.1) is 6.61 Å². The third-order valence-electron chi connectivity index (χ3n) is 5.78. The lowest BCUT2D eigenvalue weighted by molar-refractivity contribution is -0.139. The van der Waals surface area contributed by atoms with E-state index in [9.17, 15) is 9.59 Å². The average molecular weight is 439 g/mol. The summed E-state index contributed by atoms with van der Waals surface area (Å²) >= 11 is 0. The molecule has 172 valence electrons. The predicted molar refractivity (Wildman–Crippen MR) is 125 cm³/mol. The van der Waals surface area contributed by atoms with E-state index < -0.39 is 6.10 Å². The predicted octanol–water partition coefficient (Wildman–Crippen LogP) is 4.40. The van der Waals surface area contributed by atoms with E-state index in [1.165, 1.54) is 5.56 Å². The van der Waals surface area contributed by atoms with Gasteiger partial charge in [-0.25, -0.2) is 0 Å². The van der Waals surface area contributed by atoms with Crippen LogP contribution in [0.3, 0.4) is 0 Å². The Labute approximate surface area is 190 Å². The van der Waals surface area contributed by atoms with Crippen molar-refractivity contribution in [3.8, 4) is 11.5 Å². The highest BCUT2D eigenvalue weighted by molar-refractivity contribution is 5.94. The number of benzene rings is 2. The molecule has 2 aromatic carbocycles. The van der Waals surface area contributed by atoms with Crippen LogP contribution in [-0.4, -0.2) is 48.6 Å². The molecule has 1 N–H and O–H groups in total. The van der Waals surface area contributed by atoms with Crippen LogP contribution in [0.25, 0.3) is 0 Å². The molecule has 1 aliphatic heterocycles. The Morgan fingerprint density at radius 1 is 0.969 bits per heavy atom. The molecule has 2 amide bonds. The lowest BCUT2D eigenvalue weighted by atomic mass is 10.0. The van der Waals surface area contributed by atoms with Gasteiger partial charge < -0.3 is 19.7 Å². The van der Waals surface area contributed by atoms with Crippen molar-refractivity contribution in [2.45, 2.75) is 58.6 Å². The van der Waals surface area contributed by atoms with Crippen LogP contribution < -0.4 is 14.8 Å². The van der Waals surface area contributed by atoms with E-state index in [-0.39, 0.29) is 17.9 Å². The minimum Gasteiger partial charge on any atom is -0.494 e. The average Bonchev–Trinajstić information content (AvgIpc) is 2.80. The first-order valence-electron chi connectivity index (χ1n) is 11.5.